The van der Waals surface area contributed by atoms with E-state index in [4.69, 9.17) is 11.6 Å². The molecule has 15 heavy (non-hydrogen) atoms. The summed E-state index contributed by atoms with van der Waals surface area (Å²) < 4.78 is 0.766. The van der Waals surface area contributed by atoms with Gasteiger partial charge in [-0.1, -0.05) is 17.7 Å². The van der Waals surface area contributed by atoms with Gasteiger partial charge in [-0.15, -0.1) is 0 Å². The number of nitrogens with one attached hydrogen (secondary N) is 2. The van der Waals surface area contributed by atoms with Gasteiger partial charge in [0.1, 0.15) is 6.04 Å². The highest BCUT2D eigenvalue weighted by molar-refractivity contribution is 9.10. The molecule has 0 saturated heterocycles. The molecule has 1 atom stereocenters. The fraction of sp³-hybridized carbons (Fsp3) is 0.300. The Morgan fingerprint density at radius 2 is 2.20 bits per heavy atom. The van der Waals surface area contributed by atoms with Crippen molar-refractivity contribution in [3.05, 3.63) is 27.7 Å². The maximum Gasteiger partial charge on any atom is 0.241 e. The molecule has 0 spiro atoms. The average Bonchev–Trinajstić information content (AvgIpc) is 2.23. The SMILES string of the molecule is CNC(=O)C(C)Nc1cccc(Cl)c1Br. The summed E-state index contributed by atoms with van der Waals surface area (Å²) in [4.78, 5) is 11.3. The van der Waals surface area contributed by atoms with E-state index in [0.29, 0.717) is 5.02 Å². The molecule has 1 unspecified atom stereocenters. The number of rotatable bonds is 3. The first kappa shape index (κ1) is 12.3. The van der Waals surface area contributed by atoms with Crippen LogP contribution in [-0.4, -0.2) is 19.0 Å². The Bertz CT molecular complexity index is 370. The van der Waals surface area contributed by atoms with Crippen LogP contribution in [0.15, 0.2) is 22.7 Å². The predicted octanol–water partition coefficient (Wildman–Crippen LogP) is 2.65. The molecule has 0 aliphatic carbocycles. The van der Waals surface area contributed by atoms with E-state index in [-0.39, 0.29) is 11.9 Å². The fourth-order valence-corrected chi connectivity index (χ4v) is 1.68. The van der Waals surface area contributed by atoms with Gasteiger partial charge in [0.15, 0.2) is 0 Å². The quantitative estimate of drug-likeness (QED) is 0.899. The van der Waals surface area contributed by atoms with Crippen molar-refractivity contribution in [2.24, 2.45) is 0 Å². The van der Waals surface area contributed by atoms with Crippen LogP contribution in [0.1, 0.15) is 6.92 Å². The number of anilines is 1. The summed E-state index contributed by atoms with van der Waals surface area (Å²) in [6.07, 6.45) is 0. The van der Waals surface area contributed by atoms with Crippen molar-refractivity contribution in [1.29, 1.82) is 0 Å². The summed E-state index contributed by atoms with van der Waals surface area (Å²) in [7, 11) is 1.60. The van der Waals surface area contributed by atoms with Gasteiger partial charge in [-0.2, -0.15) is 0 Å². The highest BCUT2D eigenvalue weighted by atomic mass is 79.9. The molecule has 0 bridgehead atoms. The van der Waals surface area contributed by atoms with E-state index in [1.807, 2.05) is 12.1 Å². The molecular formula is C10H12BrClN2O. The number of carbonyl (C=O) groups excluding carboxylic acids is 1. The van der Waals surface area contributed by atoms with Gasteiger partial charge in [0.05, 0.1) is 15.2 Å². The predicted molar refractivity (Wildman–Crippen MR) is 66.3 cm³/mol. The Morgan fingerprint density at radius 1 is 1.53 bits per heavy atom. The second kappa shape index (κ2) is 5.37. The standard InChI is InChI=1S/C10H12BrClN2O/c1-6(10(15)13-2)14-8-5-3-4-7(12)9(8)11/h3-6,14H,1-2H3,(H,13,15). The Morgan fingerprint density at radius 3 is 2.80 bits per heavy atom. The van der Waals surface area contributed by atoms with Gasteiger partial charge in [0, 0.05) is 7.05 Å². The van der Waals surface area contributed by atoms with Gasteiger partial charge in [0.25, 0.3) is 0 Å². The largest absolute Gasteiger partial charge is 0.373 e. The zero-order valence-electron chi connectivity index (χ0n) is 8.47. The van der Waals surface area contributed by atoms with Gasteiger partial charge in [-0.25, -0.2) is 0 Å². The first-order valence-electron chi connectivity index (χ1n) is 4.48. The second-order valence-corrected chi connectivity index (χ2v) is 4.28. The molecule has 0 fully saturated rings. The van der Waals surface area contributed by atoms with Crippen LogP contribution < -0.4 is 10.6 Å². The van der Waals surface area contributed by atoms with Crippen LogP contribution in [0.4, 0.5) is 5.69 Å². The minimum atomic E-state index is -0.301. The van der Waals surface area contributed by atoms with E-state index >= 15 is 0 Å². The van der Waals surface area contributed by atoms with Crippen LogP contribution in [0.25, 0.3) is 0 Å². The lowest BCUT2D eigenvalue weighted by Gasteiger charge is -2.15. The van der Waals surface area contributed by atoms with Crippen molar-refractivity contribution in [1.82, 2.24) is 5.32 Å². The van der Waals surface area contributed by atoms with Gasteiger partial charge in [-0.05, 0) is 35.0 Å². The molecule has 3 nitrogen and oxygen atoms in total. The van der Waals surface area contributed by atoms with Crippen LogP contribution in [-0.2, 0) is 4.79 Å². The molecule has 0 heterocycles. The van der Waals surface area contributed by atoms with Crippen molar-refractivity contribution in [3.8, 4) is 0 Å². The molecule has 0 radical (unpaired) electrons. The summed E-state index contributed by atoms with van der Waals surface area (Å²) in [6.45, 7) is 1.78. The number of hydrogen-bond donors (Lipinski definition) is 2. The maximum atomic E-state index is 11.3. The van der Waals surface area contributed by atoms with Crippen molar-refractivity contribution in [3.63, 3.8) is 0 Å². The van der Waals surface area contributed by atoms with E-state index in [1.165, 1.54) is 0 Å². The summed E-state index contributed by atoms with van der Waals surface area (Å²) in [5, 5.41) is 6.24. The zero-order valence-corrected chi connectivity index (χ0v) is 10.8. The monoisotopic (exact) mass is 290 g/mol. The third-order valence-electron chi connectivity index (χ3n) is 1.96. The Balaban J connectivity index is 2.81. The lowest BCUT2D eigenvalue weighted by molar-refractivity contribution is -0.121. The molecular weight excluding hydrogens is 279 g/mol. The van der Waals surface area contributed by atoms with Crippen molar-refractivity contribution in [2.75, 3.05) is 12.4 Å². The number of hydrogen-bond acceptors (Lipinski definition) is 2. The van der Waals surface area contributed by atoms with Gasteiger partial charge < -0.3 is 10.6 Å². The van der Waals surface area contributed by atoms with Crippen LogP contribution in [0.2, 0.25) is 5.02 Å². The molecule has 1 rings (SSSR count). The summed E-state index contributed by atoms with van der Waals surface area (Å²) >= 11 is 9.28. The summed E-state index contributed by atoms with van der Waals surface area (Å²) in [6, 6.07) is 5.16. The molecule has 2 N–H and O–H groups in total. The van der Waals surface area contributed by atoms with Crippen LogP contribution in [0.5, 0.6) is 0 Å². The van der Waals surface area contributed by atoms with Crippen molar-refractivity contribution < 1.29 is 4.79 Å². The van der Waals surface area contributed by atoms with Crippen LogP contribution in [0, 0.1) is 0 Å². The minimum Gasteiger partial charge on any atom is -0.373 e. The van der Waals surface area contributed by atoms with Crippen molar-refractivity contribution in [2.45, 2.75) is 13.0 Å². The molecule has 0 aromatic heterocycles. The van der Waals surface area contributed by atoms with Crippen LogP contribution >= 0.6 is 27.5 Å². The number of likely N-dealkylation sites (N-methyl/N-ethyl adjacent to an activating group) is 1. The van der Waals surface area contributed by atoms with Gasteiger partial charge >= 0.3 is 0 Å². The van der Waals surface area contributed by atoms with E-state index in [9.17, 15) is 4.79 Å². The smallest absolute Gasteiger partial charge is 0.241 e. The van der Waals surface area contributed by atoms with Gasteiger partial charge in [-0.3, -0.25) is 4.79 Å². The van der Waals surface area contributed by atoms with Crippen molar-refractivity contribution >= 4 is 39.1 Å². The van der Waals surface area contributed by atoms with E-state index in [0.717, 1.165) is 10.2 Å². The lowest BCUT2D eigenvalue weighted by atomic mass is 10.2. The van der Waals surface area contributed by atoms with E-state index in [1.54, 1.807) is 20.0 Å². The number of halogens is 2. The Hall–Kier alpha value is -0.740. The highest BCUT2D eigenvalue weighted by Crippen LogP contribution is 2.30. The summed E-state index contributed by atoms with van der Waals surface area (Å²) in [5.41, 5.74) is 0.804. The van der Waals surface area contributed by atoms with Crippen LogP contribution in [0.3, 0.4) is 0 Å². The molecule has 0 aliphatic rings. The van der Waals surface area contributed by atoms with Gasteiger partial charge in [0.2, 0.25) is 5.91 Å². The zero-order chi connectivity index (χ0) is 11.4. The summed E-state index contributed by atoms with van der Waals surface area (Å²) in [5.74, 6) is -0.0677. The number of benzene rings is 1. The number of amides is 1. The third-order valence-corrected chi connectivity index (χ3v) is 3.36. The first-order valence-corrected chi connectivity index (χ1v) is 5.65. The second-order valence-electron chi connectivity index (χ2n) is 3.08. The minimum absolute atomic E-state index is 0.0677. The number of carbonyl (C=O) groups is 1. The molecule has 0 aliphatic heterocycles. The maximum absolute atomic E-state index is 11.3. The van der Waals surface area contributed by atoms with E-state index in [2.05, 4.69) is 26.6 Å². The molecule has 1 amide bonds. The Labute approximate surface area is 102 Å². The molecule has 1 aromatic carbocycles. The topological polar surface area (TPSA) is 41.1 Å². The Kier molecular flexibility index (Phi) is 4.42. The average molecular weight is 292 g/mol. The molecule has 0 saturated carbocycles. The molecule has 1 aromatic rings. The van der Waals surface area contributed by atoms with E-state index < -0.39 is 0 Å². The lowest BCUT2D eigenvalue weighted by Crippen LogP contribution is -2.35. The molecule has 5 heteroatoms. The molecule has 82 valence electrons. The highest BCUT2D eigenvalue weighted by Gasteiger charge is 2.12. The normalized spacial score (nSPS) is 12.0. The first-order chi connectivity index (χ1) is 7.06. The third kappa shape index (κ3) is 3.11. The fourth-order valence-electron chi connectivity index (χ4n) is 1.13.